The van der Waals surface area contributed by atoms with Crippen molar-refractivity contribution in [2.75, 3.05) is 6.61 Å². The first-order chi connectivity index (χ1) is 10.1. The number of aliphatic imine (C=N–C) groups is 1. The predicted octanol–water partition coefficient (Wildman–Crippen LogP) is 3.06. The molecular formula is C16H21NO4. The van der Waals surface area contributed by atoms with Gasteiger partial charge in [-0.25, -0.2) is 4.79 Å². The normalized spacial score (nSPS) is 12.3. The summed E-state index contributed by atoms with van der Waals surface area (Å²) in [5.41, 5.74) is 1.38. The lowest BCUT2D eigenvalue weighted by atomic mass is 10.1. The number of benzene rings is 1. The number of carbonyl (C=O) groups is 1. The van der Waals surface area contributed by atoms with Gasteiger partial charge >= 0.3 is 5.97 Å². The van der Waals surface area contributed by atoms with E-state index in [0.29, 0.717) is 18.5 Å². The second kappa shape index (κ2) is 8.92. The first-order valence-electron chi connectivity index (χ1n) is 6.95. The Hall–Kier alpha value is -2.14. The summed E-state index contributed by atoms with van der Waals surface area (Å²) in [5.74, 6) is -0.622. The van der Waals surface area contributed by atoms with Crippen LogP contribution in [-0.2, 0) is 16.1 Å². The fourth-order valence-corrected chi connectivity index (χ4v) is 1.70. The molecule has 0 radical (unpaired) electrons. The summed E-state index contributed by atoms with van der Waals surface area (Å²) in [6.45, 7) is 3.76. The number of rotatable bonds is 7. The number of nitrogens with zero attached hydrogens (tertiary/aromatic N) is 1. The topological polar surface area (TPSA) is 79.1 Å². The van der Waals surface area contributed by atoms with Crippen molar-refractivity contribution in [3.8, 4) is 0 Å². The third-order valence-corrected chi connectivity index (χ3v) is 2.73. The maximum absolute atomic E-state index is 11.8. The Kier molecular flexibility index (Phi) is 7.18. The molecule has 0 aliphatic heterocycles. The van der Waals surface area contributed by atoms with Crippen molar-refractivity contribution in [2.45, 2.75) is 33.3 Å². The molecule has 0 saturated carbocycles. The smallest absolute Gasteiger partial charge is 0.343 e. The van der Waals surface area contributed by atoms with E-state index in [4.69, 9.17) is 9.84 Å². The summed E-state index contributed by atoms with van der Waals surface area (Å²) >= 11 is 0. The highest BCUT2D eigenvalue weighted by Crippen LogP contribution is 2.16. The largest absolute Gasteiger partial charge is 0.511 e. The molecular weight excluding hydrogens is 270 g/mol. The lowest BCUT2D eigenvalue weighted by molar-refractivity contribution is -0.138. The second-order valence-corrected chi connectivity index (χ2v) is 4.42. The molecule has 1 aromatic rings. The van der Waals surface area contributed by atoms with Crippen LogP contribution in [0.5, 0.6) is 0 Å². The van der Waals surface area contributed by atoms with E-state index in [0.717, 1.165) is 5.56 Å². The number of esters is 1. The van der Waals surface area contributed by atoms with E-state index in [2.05, 4.69) is 4.99 Å². The summed E-state index contributed by atoms with van der Waals surface area (Å²) in [6.07, 6.45) is 2.40. The van der Waals surface area contributed by atoms with Crippen molar-refractivity contribution < 1.29 is 19.7 Å². The van der Waals surface area contributed by atoms with Crippen molar-refractivity contribution in [3.05, 3.63) is 41.2 Å². The van der Waals surface area contributed by atoms with E-state index in [1.165, 1.54) is 6.21 Å². The molecule has 0 aliphatic rings. The molecule has 2 N–H and O–H groups in total. The second-order valence-electron chi connectivity index (χ2n) is 4.42. The maximum atomic E-state index is 11.8. The van der Waals surface area contributed by atoms with Gasteiger partial charge in [0.1, 0.15) is 11.3 Å². The third-order valence-electron chi connectivity index (χ3n) is 2.73. The fraction of sp³-hybridized carbons (Fsp3) is 0.375. The van der Waals surface area contributed by atoms with Crippen molar-refractivity contribution in [2.24, 2.45) is 4.99 Å². The molecule has 0 spiro atoms. The summed E-state index contributed by atoms with van der Waals surface area (Å²) in [5, 5.41) is 19.0. The van der Waals surface area contributed by atoms with Gasteiger partial charge in [0.2, 0.25) is 0 Å². The Bertz CT molecular complexity index is 535. The van der Waals surface area contributed by atoms with Crippen LogP contribution in [0.1, 0.15) is 32.3 Å². The van der Waals surface area contributed by atoms with E-state index in [-0.39, 0.29) is 24.5 Å². The van der Waals surface area contributed by atoms with Gasteiger partial charge in [-0.1, -0.05) is 19.1 Å². The number of hydrogen-bond acceptors (Lipinski definition) is 5. The van der Waals surface area contributed by atoms with Crippen LogP contribution in [0.2, 0.25) is 0 Å². The van der Waals surface area contributed by atoms with Crippen LogP contribution in [0.3, 0.4) is 0 Å². The minimum atomic E-state index is -0.592. The lowest BCUT2D eigenvalue weighted by Crippen LogP contribution is -2.11. The van der Waals surface area contributed by atoms with Crippen LogP contribution < -0.4 is 0 Å². The fourth-order valence-electron chi connectivity index (χ4n) is 1.70. The number of aliphatic hydroxyl groups excluding tert-OH is 2. The Balaban J connectivity index is 3.02. The third kappa shape index (κ3) is 5.39. The molecule has 0 bridgehead atoms. The van der Waals surface area contributed by atoms with Gasteiger partial charge in [0.05, 0.1) is 18.9 Å². The van der Waals surface area contributed by atoms with E-state index in [1.807, 2.05) is 6.92 Å². The zero-order chi connectivity index (χ0) is 15.7. The highest BCUT2D eigenvalue weighted by Gasteiger charge is 2.14. The minimum Gasteiger partial charge on any atom is -0.511 e. The average Bonchev–Trinajstić information content (AvgIpc) is 2.48. The van der Waals surface area contributed by atoms with E-state index < -0.39 is 5.97 Å². The molecule has 0 heterocycles. The summed E-state index contributed by atoms with van der Waals surface area (Å²) in [4.78, 5) is 16.0. The molecule has 5 nitrogen and oxygen atoms in total. The maximum Gasteiger partial charge on any atom is 0.343 e. The Morgan fingerprint density at radius 1 is 1.38 bits per heavy atom. The zero-order valence-electron chi connectivity index (χ0n) is 12.4. The Morgan fingerprint density at radius 2 is 2.14 bits per heavy atom. The molecule has 0 aliphatic carbocycles. The van der Waals surface area contributed by atoms with Crippen molar-refractivity contribution in [3.63, 3.8) is 0 Å². The molecule has 5 heteroatoms. The molecule has 0 aromatic heterocycles. The molecule has 0 amide bonds. The van der Waals surface area contributed by atoms with Gasteiger partial charge in [-0.3, -0.25) is 4.99 Å². The molecule has 0 atom stereocenters. The Labute approximate surface area is 124 Å². The first kappa shape index (κ1) is 16.9. The van der Waals surface area contributed by atoms with Crippen LogP contribution in [0.25, 0.3) is 0 Å². The van der Waals surface area contributed by atoms with Gasteiger partial charge in [0.15, 0.2) is 0 Å². The number of ether oxygens (including phenoxy) is 1. The van der Waals surface area contributed by atoms with E-state index >= 15 is 0 Å². The minimum absolute atomic E-state index is 0.0296. The highest BCUT2D eigenvalue weighted by atomic mass is 16.5. The highest BCUT2D eigenvalue weighted by molar-refractivity contribution is 6.10. The van der Waals surface area contributed by atoms with Crippen LogP contribution in [-0.4, -0.2) is 29.0 Å². The van der Waals surface area contributed by atoms with Gasteiger partial charge in [0, 0.05) is 12.6 Å². The van der Waals surface area contributed by atoms with Crippen LogP contribution >= 0.6 is 0 Å². The molecule has 0 fully saturated rings. The molecule has 114 valence electrons. The zero-order valence-corrected chi connectivity index (χ0v) is 12.4. The molecule has 0 unspecified atom stereocenters. The standard InChI is InChI=1S/C16H21NO4/c1-3-6-15(19)14(16(20)21-4-2)10-17-13-8-5-7-12(9-13)11-18/h5,7-10,18-19H,3-4,6,11H2,1-2H3. The predicted molar refractivity (Wildman–Crippen MR) is 81.7 cm³/mol. The molecule has 1 rings (SSSR count). The SMILES string of the molecule is CCCC(O)=C(C=Nc1cccc(CO)c1)C(=O)OCC. The van der Waals surface area contributed by atoms with E-state index in [9.17, 15) is 9.90 Å². The van der Waals surface area contributed by atoms with Crippen LogP contribution in [0, 0.1) is 0 Å². The number of hydrogen-bond donors (Lipinski definition) is 2. The summed E-state index contributed by atoms with van der Waals surface area (Å²) < 4.78 is 4.92. The van der Waals surface area contributed by atoms with Crippen LogP contribution in [0.15, 0.2) is 40.6 Å². The summed E-state index contributed by atoms with van der Waals surface area (Å²) in [7, 11) is 0. The number of allylic oxidation sites excluding steroid dienone is 1. The van der Waals surface area contributed by atoms with Gasteiger partial charge in [-0.15, -0.1) is 0 Å². The van der Waals surface area contributed by atoms with Crippen LogP contribution in [0.4, 0.5) is 5.69 Å². The summed E-state index contributed by atoms with van der Waals surface area (Å²) in [6, 6.07) is 6.99. The van der Waals surface area contributed by atoms with Gasteiger partial charge in [-0.2, -0.15) is 0 Å². The first-order valence-corrected chi connectivity index (χ1v) is 6.95. The quantitative estimate of drug-likeness (QED) is 0.350. The number of carbonyl (C=O) groups excluding carboxylic acids is 1. The van der Waals surface area contributed by atoms with E-state index in [1.54, 1.807) is 31.2 Å². The monoisotopic (exact) mass is 291 g/mol. The average molecular weight is 291 g/mol. The van der Waals surface area contributed by atoms with Gasteiger partial charge in [0.25, 0.3) is 0 Å². The molecule has 0 saturated heterocycles. The van der Waals surface area contributed by atoms with Gasteiger partial charge in [-0.05, 0) is 31.0 Å². The number of aliphatic hydroxyl groups is 2. The van der Waals surface area contributed by atoms with Gasteiger partial charge < -0.3 is 14.9 Å². The molecule has 1 aromatic carbocycles. The van der Waals surface area contributed by atoms with Crippen molar-refractivity contribution >= 4 is 17.9 Å². The Morgan fingerprint density at radius 3 is 2.76 bits per heavy atom. The van der Waals surface area contributed by atoms with Crippen molar-refractivity contribution in [1.29, 1.82) is 0 Å². The lowest BCUT2D eigenvalue weighted by Gasteiger charge is -2.05. The molecule has 21 heavy (non-hydrogen) atoms. The van der Waals surface area contributed by atoms with Crippen molar-refractivity contribution in [1.82, 2.24) is 0 Å².